The Morgan fingerprint density at radius 3 is 2.45 bits per heavy atom. The number of ether oxygens (including phenoxy) is 1. The van der Waals surface area contributed by atoms with E-state index in [0.29, 0.717) is 11.5 Å². The smallest absolute Gasteiger partial charge is 0.407 e. The van der Waals surface area contributed by atoms with E-state index < -0.39 is 11.6 Å². The van der Waals surface area contributed by atoms with Crippen molar-refractivity contribution in [3.63, 3.8) is 0 Å². The lowest BCUT2D eigenvalue weighted by molar-refractivity contribution is -0.0339. The van der Waals surface area contributed by atoms with E-state index in [-0.39, 0.29) is 18.2 Å². The molecule has 3 fully saturated rings. The maximum Gasteiger partial charge on any atom is 0.407 e. The third-order valence-corrected chi connectivity index (χ3v) is 6.56. The van der Waals surface area contributed by atoms with Gasteiger partial charge in [0.25, 0.3) is 0 Å². The number of nitrogens with zero attached hydrogens (tertiary/aromatic N) is 1. The van der Waals surface area contributed by atoms with Gasteiger partial charge in [0.05, 0.1) is 6.04 Å². The topological polar surface area (TPSA) is 41.6 Å². The van der Waals surface area contributed by atoms with Gasteiger partial charge in [-0.2, -0.15) is 0 Å². The highest BCUT2D eigenvalue weighted by Crippen LogP contribution is 2.35. The number of nitrogens with one attached hydrogen (secondary N) is 1. The highest BCUT2D eigenvalue weighted by molar-refractivity contribution is 5.70. The van der Waals surface area contributed by atoms with Gasteiger partial charge in [-0.3, -0.25) is 4.90 Å². The lowest BCUT2D eigenvalue weighted by Gasteiger charge is -2.43. The molecule has 0 aromatic heterocycles. The van der Waals surface area contributed by atoms with Crippen LogP contribution in [0.1, 0.15) is 36.4 Å². The van der Waals surface area contributed by atoms with Crippen LogP contribution in [-0.4, -0.2) is 36.7 Å². The molecule has 1 unspecified atom stereocenters. The molecule has 3 saturated heterocycles. The first-order chi connectivity index (χ1) is 14.0. The number of rotatable bonds is 3. The standard InChI is InChI=1S/C23H24F2N2O2/c24-18-10-17(11-19(25)12-18)15-1-3-20-16(9-15)2-4-21(20)26-23(28)29-22-13-27-7-5-14(22)6-8-27/h1,3,9-12,14,21-22H,2,4-8,13H2,(H,26,28)/t21?,22-/m1/s1. The van der Waals surface area contributed by atoms with Gasteiger partial charge in [0.15, 0.2) is 0 Å². The molecule has 6 rings (SSSR count). The Kier molecular flexibility index (Phi) is 4.74. The summed E-state index contributed by atoms with van der Waals surface area (Å²) in [6.45, 7) is 3.06. The average molecular weight is 398 g/mol. The summed E-state index contributed by atoms with van der Waals surface area (Å²) in [4.78, 5) is 14.8. The molecule has 1 amide bonds. The fraction of sp³-hybridized carbons (Fsp3) is 0.435. The van der Waals surface area contributed by atoms with Crippen LogP contribution < -0.4 is 5.32 Å². The molecule has 152 valence electrons. The Hall–Kier alpha value is -2.47. The molecule has 3 heterocycles. The quantitative estimate of drug-likeness (QED) is 0.831. The first-order valence-electron chi connectivity index (χ1n) is 10.3. The molecular weight excluding hydrogens is 374 g/mol. The molecule has 2 aromatic rings. The SMILES string of the molecule is O=C(NC1CCc2cc(-c3cc(F)cc(F)c3)ccc21)O[C@@H]1CN2CCC1CC2. The Bertz CT molecular complexity index is 920. The minimum absolute atomic E-state index is 0.0105. The van der Waals surface area contributed by atoms with Gasteiger partial charge in [0, 0.05) is 12.6 Å². The van der Waals surface area contributed by atoms with Crippen LogP contribution in [0.3, 0.4) is 0 Å². The Balaban J connectivity index is 1.27. The third-order valence-electron chi connectivity index (χ3n) is 6.56. The van der Waals surface area contributed by atoms with Crippen LogP contribution in [0.4, 0.5) is 13.6 Å². The van der Waals surface area contributed by atoms with Crippen molar-refractivity contribution < 1.29 is 18.3 Å². The number of alkyl carbamates (subject to hydrolysis) is 1. The van der Waals surface area contributed by atoms with Gasteiger partial charge in [0.2, 0.25) is 0 Å². The van der Waals surface area contributed by atoms with E-state index in [1.165, 1.54) is 12.1 Å². The summed E-state index contributed by atoms with van der Waals surface area (Å²) < 4.78 is 32.8. The third kappa shape index (κ3) is 3.73. The van der Waals surface area contributed by atoms with Crippen LogP contribution >= 0.6 is 0 Å². The number of amides is 1. The molecule has 1 N–H and O–H groups in total. The van der Waals surface area contributed by atoms with E-state index in [2.05, 4.69) is 10.2 Å². The van der Waals surface area contributed by atoms with Crippen LogP contribution in [0.5, 0.6) is 0 Å². The van der Waals surface area contributed by atoms with Gasteiger partial charge in [-0.15, -0.1) is 0 Å². The fourth-order valence-corrected chi connectivity index (χ4v) is 5.03. The van der Waals surface area contributed by atoms with Gasteiger partial charge in [-0.05, 0) is 79.1 Å². The van der Waals surface area contributed by atoms with Crippen LogP contribution in [0.2, 0.25) is 0 Å². The monoisotopic (exact) mass is 398 g/mol. The summed E-state index contributed by atoms with van der Waals surface area (Å²) >= 11 is 0. The van der Waals surface area contributed by atoms with Gasteiger partial charge >= 0.3 is 6.09 Å². The van der Waals surface area contributed by atoms with Crippen molar-refractivity contribution in [1.82, 2.24) is 10.2 Å². The van der Waals surface area contributed by atoms with E-state index in [0.717, 1.165) is 68.1 Å². The molecule has 4 aliphatic rings. The Morgan fingerprint density at radius 1 is 1.00 bits per heavy atom. The molecule has 2 aromatic carbocycles. The van der Waals surface area contributed by atoms with E-state index in [1.54, 1.807) is 0 Å². The van der Waals surface area contributed by atoms with Crippen molar-refractivity contribution in [1.29, 1.82) is 0 Å². The first-order valence-corrected chi connectivity index (χ1v) is 10.3. The van der Waals surface area contributed by atoms with Crippen LogP contribution in [0.15, 0.2) is 36.4 Å². The Labute approximate surface area is 168 Å². The molecule has 0 saturated carbocycles. The number of benzene rings is 2. The number of piperidine rings is 3. The highest BCUT2D eigenvalue weighted by Gasteiger charge is 2.37. The number of carbonyl (C=O) groups excluding carboxylic acids is 1. The Morgan fingerprint density at radius 2 is 1.76 bits per heavy atom. The normalized spacial score (nSPS) is 27.5. The number of halogens is 2. The van der Waals surface area contributed by atoms with Crippen molar-refractivity contribution in [2.45, 2.75) is 37.8 Å². The van der Waals surface area contributed by atoms with Crippen molar-refractivity contribution in [2.75, 3.05) is 19.6 Å². The summed E-state index contributed by atoms with van der Waals surface area (Å²) in [7, 11) is 0. The molecule has 6 heteroatoms. The number of carbonyl (C=O) groups is 1. The van der Waals surface area contributed by atoms with Gasteiger partial charge in [-0.25, -0.2) is 13.6 Å². The van der Waals surface area contributed by atoms with Crippen LogP contribution in [-0.2, 0) is 11.2 Å². The van der Waals surface area contributed by atoms with Gasteiger partial charge in [0.1, 0.15) is 17.7 Å². The molecule has 3 aliphatic heterocycles. The number of aryl methyl sites for hydroxylation is 1. The molecule has 2 atom stereocenters. The van der Waals surface area contributed by atoms with E-state index >= 15 is 0 Å². The van der Waals surface area contributed by atoms with Gasteiger partial charge in [-0.1, -0.05) is 18.2 Å². The van der Waals surface area contributed by atoms with Crippen molar-refractivity contribution in [3.8, 4) is 11.1 Å². The highest BCUT2D eigenvalue weighted by atomic mass is 19.1. The average Bonchev–Trinajstić information content (AvgIpc) is 3.10. The van der Waals surface area contributed by atoms with Crippen LogP contribution in [0.25, 0.3) is 11.1 Å². The van der Waals surface area contributed by atoms with E-state index in [4.69, 9.17) is 4.74 Å². The summed E-state index contributed by atoms with van der Waals surface area (Å²) in [5.41, 5.74) is 3.44. The molecule has 2 bridgehead atoms. The van der Waals surface area contributed by atoms with Crippen molar-refractivity contribution in [3.05, 3.63) is 59.2 Å². The molecule has 0 radical (unpaired) electrons. The summed E-state index contributed by atoms with van der Waals surface area (Å²) in [5, 5.41) is 3.02. The predicted octanol–water partition coefficient (Wildman–Crippen LogP) is 4.44. The van der Waals surface area contributed by atoms with Crippen molar-refractivity contribution in [2.24, 2.45) is 5.92 Å². The second kappa shape index (κ2) is 7.41. The lowest BCUT2D eigenvalue weighted by Crippen LogP contribution is -2.52. The van der Waals surface area contributed by atoms with Crippen LogP contribution in [0, 0.1) is 17.6 Å². The first kappa shape index (κ1) is 18.6. The second-order valence-electron chi connectivity index (χ2n) is 8.39. The summed E-state index contributed by atoms with van der Waals surface area (Å²) in [6, 6.07) is 9.21. The molecular formula is C23H24F2N2O2. The molecule has 29 heavy (non-hydrogen) atoms. The number of hydrogen-bond acceptors (Lipinski definition) is 3. The summed E-state index contributed by atoms with van der Waals surface area (Å²) in [5.74, 6) is -0.693. The maximum atomic E-state index is 13.5. The number of hydrogen-bond donors (Lipinski definition) is 1. The largest absolute Gasteiger partial charge is 0.445 e. The lowest BCUT2D eigenvalue weighted by atomic mass is 9.86. The van der Waals surface area contributed by atoms with Gasteiger partial charge < -0.3 is 10.1 Å². The maximum absolute atomic E-state index is 13.5. The van der Waals surface area contributed by atoms with E-state index in [9.17, 15) is 13.6 Å². The zero-order valence-electron chi connectivity index (χ0n) is 16.2. The number of fused-ring (bicyclic) bond motifs is 4. The minimum atomic E-state index is -0.587. The summed E-state index contributed by atoms with van der Waals surface area (Å²) in [6.07, 6.45) is 3.46. The molecule has 4 nitrogen and oxygen atoms in total. The minimum Gasteiger partial charge on any atom is -0.445 e. The van der Waals surface area contributed by atoms with Crippen molar-refractivity contribution >= 4 is 6.09 Å². The zero-order valence-corrected chi connectivity index (χ0v) is 16.2. The molecule has 1 aliphatic carbocycles. The predicted molar refractivity (Wildman–Crippen MR) is 105 cm³/mol. The van der Waals surface area contributed by atoms with E-state index in [1.807, 2.05) is 18.2 Å². The zero-order chi connectivity index (χ0) is 20.0. The second-order valence-corrected chi connectivity index (χ2v) is 8.39. The molecule has 0 spiro atoms. The fourth-order valence-electron chi connectivity index (χ4n) is 5.03.